The first-order valence-electron chi connectivity index (χ1n) is 4.85. The molecule has 0 aromatic heterocycles. The third kappa shape index (κ3) is 2.37. The second kappa shape index (κ2) is 4.86. The third-order valence-electron chi connectivity index (χ3n) is 2.36. The van der Waals surface area contributed by atoms with Crippen molar-refractivity contribution in [2.45, 2.75) is 6.42 Å². The highest BCUT2D eigenvalue weighted by atomic mass is 35.5. The molecular formula is C13H9Cl2F. The van der Waals surface area contributed by atoms with Gasteiger partial charge in [0.2, 0.25) is 0 Å². The van der Waals surface area contributed by atoms with E-state index in [0.717, 1.165) is 5.56 Å². The normalized spacial score (nSPS) is 10.4. The molecule has 0 aliphatic heterocycles. The van der Waals surface area contributed by atoms with Gasteiger partial charge in [0, 0.05) is 12.0 Å². The van der Waals surface area contributed by atoms with Crippen molar-refractivity contribution in [3.05, 3.63) is 69.5 Å². The predicted molar refractivity (Wildman–Crippen MR) is 65.7 cm³/mol. The molecule has 0 saturated carbocycles. The highest BCUT2D eigenvalue weighted by molar-refractivity contribution is 6.42. The smallest absolute Gasteiger partial charge is 0.128 e. The van der Waals surface area contributed by atoms with E-state index in [-0.39, 0.29) is 5.82 Å². The van der Waals surface area contributed by atoms with Crippen molar-refractivity contribution >= 4 is 23.2 Å². The zero-order valence-corrected chi connectivity index (χ0v) is 9.89. The number of rotatable bonds is 2. The van der Waals surface area contributed by atoms with Crippen LogP contribution in [0.5, 0.6) is 0 Å². The molecule has 3 heteroatoms. The quantitative estimate of drug-likeness (QED) is 0.681. The molecule has 16 heavy (non-hydrogen) atoms. The van der Waals surface area contributed by atoms with Gasteiger partial charge in [-0.3, -0.25) is 0 Å². The molecule has 0 atom stereocenters. The maximum absolute atomic E-state index is 13.6. The molecule has 0 nitrogen and oxygen atoms in total. The molecule has 2 aromatic carbocycles. The van der Waals surface area contributed by atoms with E-state index in [4.69, 9.17) is 23.2 Å². The summed E-state index contributed by atoms with van der Waals surface area (Å²) in [5, 5.41) is 0.680. The summed E-state index contributed by atoms with van der Waals surface area (Å²) in [6.07, 6.45) is 0.450. The summed E-state index contributed by atoms with van der Waals surface area (Å²) in [6.45, 7) is 0. The Morgan fingerprint density at radius 1 is 0.938 bits per heavy atom. The summed E-state index contributed by atoms with van der Waals surface area (Å²) in [5.41, 5.74) is 1.45. The van der Waals surface area contributed by atoms with E-state index in [9.17, 15) is 4.39 Å². The molecule has 0 fully saturated rings. The topological polar surface area (TPSA) is 0 Å². The van der Waals surface area contributed by atoms with Gasteiger partial charge in [-0.05, 0) is 17.7 Å². The predicted octanol–water partition coefficient (Wildman–Crippen LogP) is 4.72. The van der Waals surface area contributed by atoms with Gasteiger partial charge in [-0.2, -0.15) is 0 Å². The van der Waals surface area contributed by atoms with E-state index >= 15 is 0 Å². The van der Waals surface area contributed by atoms with Gasteiger partial charge in [0.1, 0.15) is 5.82 Å². The summed E-state index contributed by atoms with van der Waals surface area (Å²) in [4.78, 5) is 0. The van der Waals surface area contributed by atoms with Crippen LogP contribution < -0.4 is 0 Å². The molecule has 0 heterocycles. The van der Waals surface area contributed by atoms with Crippen molar-refractivity contribution in [3.8, 4) is 0 Å². The lowest BCUT2D eigenvalue weighted by Gasteiger charge is -2.07. The van der Waals surface area contributed by atoms with Crippen molar-refractivity contribution in [2.24, 2.45) is 0 Å². The molecule has 0 bridgehead atoms. The molecule has 2 aromatic rings. The van der Waals surface area contributed by atoms with E-state index < -0.39 is 0 Å². The fraction of sp³-hybridized carbons (Fsp3) is 0.0769. The Morgan fingerprint density at radius 2 is 1.62 bits per heavy atom. The monoisotopic (exact) mass is 254 g/mol. The Labute approximate surface area is 104 Å². The van der Waals surface area contributed by atoms with Crippen molar-refractivity contribution in [1.82, 2.24) is 0 Å². The minimum absolute atomic E-state index is 0.297. The number of hydrogen-bond donors (Lipinski definition) is 0. The molecule has 0 saturated heterocycles. The van der Waals surface area contributed by atoms with Gasteiger partial charge in [-0.15, -0.1) is 0 Å². The molecule has 0 N–H and O–H groups in total. The van der Waals surface area contributed by atoms with Crippen LogP contribution in [-0.4, -0.2) is 0 Å². The Hall–Kier alpha value is -1.05. The average Bonchev–Trinajstić information content (AvgIpc) is 2.31. The SMILES string of the molecule is Fc1ccc(Cl)c(Cl)c1Cc1ccccc1. The van der Waals surface area contributed by atoms with Gasteiger partial charge in [0.25, 0.3) is 0 Å². The highest BCUT2D eigenvalue weighted by Crippen LogP contribution is 2.29. The zero-order chi connectivity index (χ0) is 11.5. The maximum atomic E-state index is 13.6. The number of hydrogen-bond acceptors (Lipinski definition) is 0. The molecule has 0 unspecified atom stereocenters. The molecule has 0 aliphatic rings. The summed E-state index contributed by atoms with van der Waals surface area (Å²) >= 11 is 11.8. The van der Waals surface area contributed by atoms with E-state index in [1.165, 1.54) is 12.1 Å². The van der Waals surface area contributed by atoms with Crippen LogP contribution in [-0.2, 0) is 6.42 Å². The van der Waals surface area contributed by atoms with Gasteiger partial charge >= 0.3 is 0 Å². The Bertz CT molecular complexity index is 495. The van der Waals surface area contributed by atoms with Crippen LogP contribution in [0.3, 0.4) is 0 Å². The van der Waals surface area contributed by atoms with Crippen LogP contribution in [0.25, 0.3) is 0 Å². The second-order valence-electron chi connectivity index (χ2n) is 3.48. The molecule has 0 radical (unpaired) electrons. The largest absolute Gasteiger partial charge is 0.207 e. The van der Waals surface area contributed by atoms with Crippen molar-refractivity contribution in [3.63, 3.8) is 0 Å². The van der Waals surface area contributed by atoms with E-state index in [2.05, 4.69) is 0 Å². The summed E-state index contributed by atoms with van der Waals surface area (Å²) in [6, 6.07) is 12.4. The molecule has 82 valence electrons. The lowest BCUT2D eigenvalue weighted by atomic mass is 10.0. The number of benzene rings is 2. The molecule has 0 spiro atoms. The van der Waals surface area contributed by atoms with Crippen molar-refractivity contribution in [2.75, 3.05) is 0 Å². The number of halogens is 3. The maximum Gasteiger partial charge on any atom is 0.128 e. The van der Waals surface area contributed by atoms with Crippen LogP contribution in [0.2, 0.25) is 10.0 Å². The molecule has 2 rings (SSSR count). The van der Waals surface area contributed by atoms with E-state index in [1.807, 2.05) is 30.3 Å². The first-order chi connectivity index (χ1) is 7.68. The Morgan fingerprint density at radius 3 is 2.31 bits per heavy atom. The standard InChI is InChI=1S/C13H9Cl2F/c14-11-6-7-12(16)10(13(11)15)8-9-4-2-1-3-5-9/h1-7H,8H2. The van der Waals surface area contributed by atoms with Crippen molar-refractivity contribution in [1.29, 1.82) is 0 Å². The van der Waals surface area contributed by atoms with Gasteiger partial charge in [-0.1, -0.05) is 53.5 Å². The van der Waals surface area contributed by atoms with Gasteiger partial charge < -0.3 is 0 Å². The third-order valence-corrected chi connectivity index (χ3v) is 3.21. The van der Waals surface area contributed by atoms with Crippen LogP contribution >= 0.6 is 23.2 Å². The summed E-state index contributed by atoms with van der Waals surface area (Å²) in [7, 11) is 0. The molecule has 0 aliphatic carbocycles. The van der Waals surface area contributed by atoms with E-state index in [1.54, 1.807) is 0 Å². The summed E-state index contributed by atoms with van der Waals surface area (Å²) < 4.78 is 13.6. The molecular weight excluding hydrogens is 246 g/mol. The lowest BCUT2D eigenvalue weighted by Crippen LogP contribution is -1.94. The zero-order valence-electron chi connectivity index (χ0n) is 8.38. The van der Waals surface area contributed by atoms with Gasteiger partial charge in [-0.25, -0.2) is 4.39 Å². The Kier molecular flexibility index (Phi) is 3.47. The fourth-order valence-corrected chi connectivity index (χ4v) is 1.93. The Balaban J connectivity index is 2.38. The average molecular weight is 255 g/mol. The minimum atomic E-state index is -0.321. The lowest BCUT2D eigenvalue weighted by molar-refractivity contribution is 0.614. The van der Waals surface area contributed by atoms with Gasteiger partial charge in [0.15, 0.2) is 0 Å². The van der Waals surface area contributed by atoms with E-state index in [0.29, 0.717) is 22.0 Å². The van der Waals surface area contributed by atoms with Crippen molar-refractivity contribution < 1.29 is 4.39 Å². The van der Waals surface area contributed by atoms with Crippen LogP contribution in [0.1, 0.15) is 11.1 Å². The van der Waals surface area contributed by atoms with Crippen LogP contribution in [0.15, 0.2) is 42.5 Å². The second-order valence-corrected chi connectivity index (χ2v) is 4.27. The van der Waals surface area contributed by atoms with Gasteiger partial charge in [0.05, 0.1) is 10.0 Å². The molecule has 0 amide bonds. The highest BCUT2D eigenvalue weighted by Gasteiger charge is 2.11. The summed E-state index contributed by atoms with van der Waals surface area (Å²) in [5.74, 6) is -0.321. The minimum Gasteiger partial charge on any atom is -0.207 e. The first kappa shape index (κ1) is 11.4. The van der Waals surface area contributed by atoms with Crippen LogP contribution in [0.4, 0.5) is 4.39 Å². The van der Waals surface area contributed by atoms with Crippen LogP contribution in [0, 0.1) is 5.82 Å². The fourth-order valence-electron chi connectivity index (χ4n) is 1.53. The first-order valence-corrected chi connectivity index (χ1v) is 5.60.